The molecule has 0 bridgehead atoms. The maximum atomic E-state index is 11.3. The lowest BCUT2D eigenvalue weighted by Gasteiger charge is -2.11. The first-order valence-corrected chi connectivity index (χ1v) is 5.80. The fourth-order valence-electron chi connectivity index (χ4n) is 1.15. The number of carbonyl (C=O) groups is 2. The SMILES string of the molecule is CCNC(=O)CCCC(=O)NCC(C)NC.Cl. The first kappa shape index (κ1) is 18.6. The molecule has 6 heteroatoms. The molecule has 0 aliphatic carbocycles. The topological polar surface area (TPSA) is 70.2 Å². The lowest BCUT2D eigenvalue weighted by molar-refractivity contribution is -0.122. The number of halogens is 1. The van der Waals surface area contributed by atoms with Crippen molar-refractivity contribution in [3.63, 3.8) is 0 Å². The Morgan fingerprint density at radius 2 is 1.65 bits per heavy atom. The molecule has 0 radical (unpaired) electrons. The van der Waals surface area contributed by atoms with Gasteiger partial charge in [0.1, 0.15) is 0 Å². The van der Waals surface area contributed by atoms with Crippen LogP contribution in [0.2, 0.25) is 0 Å². The molecule has 0 aliphatic heterocycles. The molecule has 5 nitrogen and oxygen atoms in total. The fourth-order valence-corrected chi connectivity index (χ4v) is 1.15. The van der Waals surface area contributed by atoms with Gasteiger partial charge in [0.25, 0.3) is 0 Å². The number of rotatable bonds is 8. The zero-order valence-corrected chi connectivity index (χ0v) is 11.7. The van der Waals surface area contributed by atoms with Gasteiger partial charge in [-0.2, -0.15) is 0 Å². The van der Waals surface area contributed by atoms with Crippen LogP contribution in [0, 0.1) is 0 Å². The maximum absolute atomic E-state index is 11.3. The maximum Gasteiger partial charge on any atom is 0.220 e. The molecule has 1 unspecified atom stereocenters. The summed E-state index contributed by atoms with van der Waals surface area (Å²) in [5.74, 6) is 0.0188. The smallest absolute Gasteiger partial charge is 0.220 e. The molecular weight excluding hydrogens is 242 g/mol. The quantitative estimate of drug-likeness (QED) is 0.596. The number of nitrogens with one attached hydrogen (secondary N) is 3. The van der Waals surface area contributed by atoms with E-state index in [1.54, 1.807) is 0 Å². The van der Waals surface area contributed by atoms with Crippen molar-refractivity contribution >= 4 is 24.2 Å². The van der Waals surface area contributed by atoms with Crippen LogP contribution in [0.25, 0.3) is 0 Å². The van der Waals surface area contributed by atoms with Gasteiger partial charge < -0.3 is 16.0 Å². The number of hydrogen-bond acceptors (Lipinski definition) is 3. The minimum atomic E-state index is 0. The second-order valence-electron chi connectivity index (χ2n) is 3.80. The highest BCUT2D eigenvalue weighted by molar-refractivity contribution is 5.85. The molecule has 102 valence electrons. The van der Waals surface area contributed by atoms with Gasteiger partial charge >= 0.3 is 0 Å². The molecule has 0 rings (SSSR count). The predicted octanol–water partition coefficient (Wildman–Crippen LogP) is 0.439. The Morgan fingerprint density at radius 1 is 1.12 bits per heavy atom. The van der Waals surface area contributed by atoms with E-state index in [2.05, 4.69) is 16.0 Å². The Labute approximate surface area is 110 Å². The van der Waals surface area contributed by atoms with Gasteiger partial charge in [0.05, 0.1) is 0 Å². The summed E-state index contributed by atoms with van der Waals surface area (Å²) in [5, 5.41) is 8.54. The van der Waals surface area contributed by atoms with Gasteiger partial charge in [0.2, 0.25) is 11.8 Å². The van der Waals surface area contributed by atoms with Crippen molar-refractivity contribution in [3.8, 4) is 0 Å². The van der Waals surface area contributed by atoms with E-state index in [9.17, 15) is 9.59 Å². The Hall–Kier alpha value is -0.810. The average molecular weight is 266 g/mol. The summed E-state index contributed by atoms with van der Waals surface area (Å²) in [7, 11) is 1.85. The van der Waals surface area contributed by atoms with Crippen molar-refractivity contribution in [1.29, 1.82) is 0 Å². The van der Waals surface area contributed by atoms with E-state index in [-0.39, 0.29) is 30.3 Å². The molecule has 1 atom stereocenters. The third kappa shape index (κ3) is 11.5. The van der Waals surface area contributed by atoms with Crippen LogP contribution < -0.4 is 16.0 Å². The van der Waals surface area contributed by atoms with Crippen molar-refractivity contribution in [3.05, 3.63) is 0 Å². The van der Waals surface area contributed by atoms with Crippen molar-refractivity contribution in [1.82, 2.24) is 16.0 Å². The summed E-state index contributed by atoms with van der Waals surface area (Å²) in [6.45, 7) is 5.14. The third-order valence-corrected chi connectivity index (χ3v) is 2.28. The highest BCUT2D eigenvalue weighted by atomic mass is 35.5. The fraction of sp³-hybridized carbons (Fsp3) is 0.818. The molecular formula is C11H24ClN3O2. The monoisotopic (exact) mass is 265 g/mol. The van der Waals surface area contributed by atoms with Crippen molar-refractivity contribution in [2.75, 3.05) is 20.1 Å². The molecule has 0 saturated carbocycles. The van der Waals surface area contributed by atoms with Crippen LogP contribution in [-0.4, -0.2) is 38.0 Å². The van der Waals surface area contributed by atoms with Crippen LogP contribution in [0.4, 0.5) is 0 Å². The predicted molar refractivity (Wildman–Crippen MR) is 71.3 cm³/mol. The minimum Gasteiger partial charge on any atom is -0.356 e. The van der Waals surface area contributed by atoms with E-state index in [0.29, 0.717) is 32.4 Å². The first-order valence-electron chi connectivity index (χ1n) is 5.80. The number of likely N-dealkylation sites (N-methyl/N-ethyl adjacent to an activating group) is 1. The molecule has 2 amide bonds. The molecule has 0 fully saturated rings. The molecule has 0 saturated heterocycles. The Bertz CT molecular complexity index is 225. The first-order chi connectivity index (χ1) is 7.60. The van der Waals surface area contributed by atoms with Gasteiger partial charge in [0, 0.05) is 32.0 Å². The van der Waals surface area contributed by atoms with Crippen molar-refractivity contribution in [2.24, 2.45) is 0 Å². The number of hydrogen-bond donors (Lipinski definition) is 3. The highest BCUT2D eigenvalue weighted by Gasteiger charge is 2.05. The Kier molecular flexibility index (Phi) is 12.7. The second kappa shape index (κ2) is 11.7. The summed E-state index contributed by atoms with van der Waals surface area (Å²) in [6, 6.07) is 0.271. The standard InChI is InChI=1S/C11H23N3O2.ClH/c1-4-13-10(15)6-5-7-11(16)14-8-9(2)12-3;/h9,12H,4-8H2,1-3H3,(H,13,15)(H,14,16);1H. The van der Waals surface area contributed by atoms with Crippen LogP contribution >= 0.6 is 12.4 Å². The molecule has 17 heavy (non-hydrogen) atoms. The van der Waals surface area contributed by atoms with Crippen LogP contribution in [-0.2, 0) is 9.59 Å². The molecule has 0 aromatic carbocycles. The summed E-state index contributed by atoms with van der Waals surface area (Å²) in [4.78, 5) is 22.4. The van der Waals surface area contributed by atoms with Crippen LogP contribution in [0.15, 0.2) is 0 Å². The number of amides is 2. The van der Waals surface area contributed by atoms with Crippen molar-refractivity contribution in [2.45, 2.75) is 39.2 Å². The minimum absolute atomic E-state index is 0. The lowest BCUT2D eigenvalue weighted by atomic mass is 10.2. The summed E-state index contributed by atoms with van der Waals surface area (Å²) in [5.41, 5.74) is 0. The van der Waals surface area contributed by atoms with Crippen LogP contribution in [0.5, 0.6) is 0 Å². The van der Waals surface area contributed by atoms with E-state index in [1.165, 1.54) is 0 Å². The lowest BCUT2D eigenvalue weighted by Crippen LogP contribution is -2.37. The van der Waals surface area contributed by atoms with Gasteiger partial charge in [-0.05, 0) is 27.3 Å². The van der Waals surface area contributed by atoms with E-state index >= 15 is 0 Å². The van der Waals surface area contributed by atoms with E-state index in [1.807, 2.05) is 20.9 Å². The summed E-state index contributed by atoms with van der Waals surface area (Å²) in [6.07, 6.45) is 1.43. The molecule has 0 aromatic rings. The van der Waals surface area contributed by atoms with Crippen molar-refractivity contribution < 1.29 is 9.59 Å². The highest BCUT2D eigenvalue weighted by Crippen LogP contribution is 1.95. The largest absolute Gasteiger partial charge is 0.356 e. The average Bonchev–Trinajstić information content (AvgIpc) is 2.26. The zero-order valence-electron chi connectivity index (χ0n) is 10.8. The molecule has 0 spiro atoms. The van der Waals surface area contributed by atoms with Crippen LogP contribution in [0.3, 0.4) is 0 Å². The molecule has 0 aliphatic rings. The second-order valence-corrected chi connectivity index (χ2v) is 3.80. The van der Waals surface area contributed by atoms with E-state index in [0.717, 1.165) is 0 Å². The molecule has 0 aromatic heterocycles. The van der Waals surface area contributed by atoms with Gasteiger partial charge in [-0.3, -0.25) is 9.59 Å². The zero-order chi connectivity index (χ0) is 12.4. The summed E-state index contributed by atoms with van der Waals surface area (Å²) < 4.78 is 0. The van der Waals surface area contributed by atoms with E-state index in [4.69, 9.17) is 0 Å². The third-order valence-electron chi connectivity index (χ3n) is 2.28. The Morgan fingerprint density at radius 3 is 2.12 bits per heavy atom. The summed E-state index contributed by atoms with van der Waals surface area (Å²) >= 11 is 0. The molecule has 0 heterocycles. The van der Waals surface area contributed by atoms with Crippen LogP contribution in [0.1, 0.15) is 33.1 Å². The molecule has 3 N–H and O–H groups in total. The normalized spacial score (nSPS) is 11.2. The van der Waals surface area contributed by atoms with Gasteiger partial charge in [-0.1, -0.05) is 0 Å². The van der Waals surface area contributed by atoms with Gasteiger partial charge in [-0.15, -0.1) is 12.4 Å². The Balaban J connectivity index is 0. The van der Waals surface area contributed by atoms with E-state index < -0.39 is 0 Å². The van der Waals surface area contributed by atoms with Gasteiger partial charge in [0.15, 0.2) is 0 Å². The van der Waals surface area contributed by atoms with Gasteiger partial charge in [-0.25, -0.2) is 0 Å². The number of carbonyl (C=O) groups excluding carboxylic acids is 2.